The van der Waals surface area contributed by atoms with Crippen LogP contribution in [0.3, 0.4) is 0 Å². The summed E-state index contributed by atoms with van der Waals surface area (Å²) in [4.78, 5) is 17.9. The molecule has 27 heavy (non-hydrogen) atoms. The van der Waals surface area contributed by atoms with Crippen LogP contribution in [-0.2, 0) is 20.8 Å². The number of aliphatic imine (C=N–C) groups is 1. The van der Waals surface area contributed by atoms with Gasteiger partial charge in [0.2, 0.25) is 5.91 Å². The van der Waals surface area contributed by atoms with E-state index in [4.69, 9.17) is 9.47 Å². The molecule has 2 N–H and O–H groups in total. The molecule has 150 valence electrons. The smallest absolute Gasteiger partial charge is 0.227 e. The molecule has 7 nitrogen and oxygen atoms in total. The van der Waals surface area contributed by atoms with E-state index in [1.54, 1.807) is 14.2 Å². The lowest BCUT2D eigenvalue weighted by atomic mass is 10.2. The van der Waals surface area contributed by atoms with E-state index >= 15 is 0 Å². The predicted octanol–water partition coefficient (Wildman–Crippen LogP) is 1.92. The van der Waals surface area contributed by atoms with E-state index in [9.17, 15) is 4.79 Å². The maximum Gasteiger partial charge on any atom is 0.227 e. The van der Waals surface area contributed by atoms with E-state index in [1.165, 1.54) is 0 Å². The minimum absolute atomic E-state index is 0.217. The van der Waals surface area contributed by atoms with Gasteiger partial charge in [0.25, 0.3) is 0 Å². The minimum atomic E-state index is 0.217. The molecule has 0 saturated carbocycles. The largest absolute Gasteiger partial charge is 0.382 e. The molecule has 1 aliphatic rings. The highest BCUT2D eigenvalue weighted by Crippen LogP contribution is 2.21. The molecule has 0 radical (unpaired) electrons. The molecule has 1 aromatic carbocycles. The van der Waals surface area contributed by atoms with Crippen molar-refractivity contribution in [1.82, 2.24) is 10.6 Å². The standard InChI is InChI=1S/C20H32N4O3/c1-21-20(22-11-3-4-13-27-15-14-26-2)23-16-17-7-9-18(10-8-17)24-12-5-6-19(24)25/h7-10H,3-6,11-16H2,1-2H3,(H2,21,22,23). The number of methoxy groups -OCH3 is 1. The first-order valence-corrected chi connectivity index (χ1v) is 9.65. The van der Waals surface area contributed by atoms with Crippen LogP contribution >= 0.6 is 0 Å². The SMILES string of the molecule is CN=C(NCCCCOCCOC)NCc1ccc(N2CCCC2=O)cc1. The monoisotopic (exact) mass is 376 g/mol. The van der Waals surface area contributed by atoms with E-state index in [0.29, 0.717) is 26.2 Å². The molecule has 0 bridgehead atoms. The Kier molecular flexibility index (Phi) is 9.65. The summed E-state index contributed by atoms with van der Waals surface area (Å²) in [5, 5.41) is 6.62. The molecule has 0 aromatic heterocycles. The summed E-state index contributed by atoms with van der Waals surface area (Å²) in [5.74, 6) is 1.00. The zero-order valence-corrected chi connectivity index (χ0v) is 16.5. The average Bonchev–Trinajstić information content (AvgIpc) is 3.12. The predicted molar refractivity (Wildman–Crippen MR) is 108 cm³/mol. The number of amides is 1. The summed E-state index contributed by atoms with van der Waals surface area (Å²) >= 11 is 0. The molecular weight excluding hydrogens is 344 g/mol. The number of hydrogen-bond acceptors (Lipinski definition) is 4. The molecule has 1 fully saturated rings. The highest BCUT2D eigenvalue weighted by Gasteiger charge is 2.21. The van der Waals surface area contributed by atoms with Crippen LogP contribution in [0.4, 0.5) is 5.69 Å². The molecule has 0 unspecified atom stereocenters. The molecule has 1 saturated heterocycles. The van der Waals surface area contributed by atoms with Crippen LogP contribution in [0, 0.1) is 0 Å². The number of rotatable bonds is 11. The van der Waals surface area contributed by atoms with E-state index in [0.717, 1.165) is 56.2 Å². The van der Waals surface area contributed by atoms with E-state index in [1.807, 2.05) is 17.0 Å². The van der Waals surface area contributed by atoms with Crippen LogP contribution in [0.25, 0.3) is 0 Å². The molecule has 1 amide bonds. The van der Waals surface area contributed by atoms with Crippen molar-refractivity contribution in [2.75, 3.05) is 52.0 Å². The summed E-state index contributed by atoms with van der Waals surface area (Å²) < 4.78 is 10.4. The average molecular weight is 377 g/mol. The number of carbonyl (C=O) groups is 1. The molecule has 0 aliphatic carbocycles. The van der Waals surface area contributed by atoms with Gasteiger partial charge in [-0.15, -0.1) is 0 Å². The molecule has 0 spiro atoms. The molecule has 7 heteroatoms. The zero-order chi connectivity index (χ0) is 19.3. The number of unbranched alkanes of at least 4 members (excludes halogenated alkanes) is 1. The van der Waals surface area contributed by atoms with Gasteiger partial charge in [-0.2, -0.15) is 0 Å². The Balaban J connectivity index is 1.63. The van der Waals surface area contributed by atoms with Crippen molar-refractivity contribution in [2.45, 2.75) is 32.2 Å². The minimum Gasteiger partial charge on any atom is -0.382 e. The van der Waals surface area contributed by atoms with Gasteiger partial charge in [0.05, 0.1) is 13.2 Å². The van der Waals surface area contributed by atoms with Crippen molar-refractivity contribution >= 4 is 17.6 Å². The Bertz CT molecular complexity index is 589. The first-order chi connectivity index (χ1) is 13.2. The number of nitrogens with zero attached hydrogens (tertiary/aromatic N) is 2. The van der Waals surface area contributed by atoms with Crippen LogP contribution in [0.15, 0.2) is 29.3 Å². The number of hydrogen-bond donors (Lipinski definition) is 2. The lowest BCUT2D eigenvalue weighted by Gasteiger charge is -2.16. The summed E-state index contributed by atoms with van der Waals surface area (Å²) in [6, 6.07) is 8.14. The molecular formula is C20H32N4O3. The van der Waals surface area contributed by atoms with Crippen molar-refractivity contribution in [1.29, 1.82) is 0 Å². The quantitative estimate of drug-likeness (QED) is 0.351. The first-order valence-electron chi connectivity index (χ1n) is 9.65. The summed E-state index contributed by atoms with van der Waals surface area (Å²) in [6.07, 6.45) is 3.63. The number of carbonyl (C=O) groups excluding carboxylic acids is 1. The maximum absolute atomic E-state index is 11.8. The Labute approximate surface area is 162 Å². The normalized spacial score (nSPS) is 14.7. The Morgan fingerprint density at radius 3 is 2.63 bits per heavy atom. The third kappa shape index (κ3) is 7.56. The van der Waals surface area contributed by atoms with Gasteiger partial charge in [-0.3, -0.25) is 9.79 Å². The highest BCUT2D eigenvalue weighted by atomic mass is 16.5. The summed E-state index contributed by atoms with van der Waals surface area (Å²) in [6.45, 7) is 4.41. The van der Waals surface area contributed by atoms with E-state index in [-0.39, 0.29) is 5.91 Å². The van der Waals surface area contributed by atoms with Gasteiger partial charge in [0.15, 0.2) is 5.96 Å². The Morgan fingerprint density at radius 2 is 1.96 bits per heavy atom. The number of nitrogens with one attached hydrogen (secondary N) is 2. The number of benzene rings is 1. The second-order valence-electron chi connectivity index (χ2n) is 6.48. The lowest BCUT2D eigenvalue weighted by Crippen LogP contribution is -2.37. The summed E-state index contributed by atoms with van der Waals surface area (Å²) in [5.41, 5.74) is 2.14. The van der Waals surface area contributed by atoms with Crippen molar-refractivity contribution in [3.8, 4) is 0 Å². The fraction of sp³-hybridized carbons (Fsp3) is 0.600. The zero-order valence-electron chi connectivity index (χ0n) is 16.5. The highest BCUT2D eigenvalue weighted by molar-refractivity contribution is 5.95. The van der Waals surface area contributed by atoms with E-state index < -0.39 is 0 Å². The second-order valence-corrected chi connectivity index (χ2v) is 6.48. The van der Waals surface area contributed by atoms with Crippen LogP contribution in [-0.4, -0.2) is 58.9 Å². The Hall–Kier alpha value is -2.12. The number of anilines is 1. The van der Waals surface area contributed by atoms with Gasteiger partial charge >= 0.3 is 0 Å². The van der Waals surface area contributed by atoms with Crippen LogP contribution in [0.2, 0.25) is 0 Å². The molecule has 2 rings (SSSR count). The number of ether oxygens (including phenoxy) is 2. The van der Waals surface area contributed by atoms with Gasteiger partial charge < -0.3 is 25.0 Å². The fourth-order valence-corrected chi connectivity index (χ4v) is 2.90. The lowest BCUT2D eigenvalue weighted by molar-refractivity contribution is -0.117. The van der Waals surface area contributed by atoms with Crippen molar-refractivity contribution < 1.29 is 14.3 Å². The number of guanidine groups is 1. The van der Waals surface area contributed by atoms with Crippen molar-refractivity contribution in [3.63, 3.8) is 0 Å². The third-order valence-corrected chi connectivity index (χ3v) is 4.44. The summed E-state index contributed by atoms with van der Waals surface area (Å²) in [7, 11) is 3.44. The molecule has 1 aromatic rings. The molecule has 0 atom stereocenters. The van der Waals surface area contributed by atoms with Gasteiger partial charge in [0.1, 0.15) is 0 Å². The fourth-order valence-electron chi connectivity index (χ4n) is 2.90. The second kappa shape index (κ2) is 12.3. The third-order valence-electron chi connectivity index (χ3n) is 4.44. The first kappa shape index (κ1) is 21.2. The van der Waals surface area contributed by atoms with Crippen molar-refractivity contribution in [2.24, 2.45) is 4.99 Å². The molecule has 1 aliphatic heterocycles. The Morgan fingerprint density at radius 1 is 1.15 bits per heavy atom. The van der Waals surface area contributed by atoms with Crippen LogP contribution < -0.4 is 15.5 Å². The molecule has 1 heterocycles. The van der Waals surface area contributed by atoms with Gasteiger partial charge in [-0.1, -0.05) is 12.1 Å². The van der Waals surface area contributed by atoms with Crippen molar-refractivity contribution in [3.05, 3.63) is 29.8 Å². The van der Waals surface area contributed by atoms with Gasteiger partial charge in [-0.25, -0.2) is 0 Å². The van der Waals surface area contributed by atoms with Crippen LogP contribution in [0.1, 0.15) is 31.2 Å². The van der Waals surface area contributed by atoms with Crippen LogP contribution in [0.5, 0.6) is 0 Å². The van der Waals surface area contributed by atoms with Gasteiger partial charge in [0, 0.05) is 52.5 Å². The topological polar surface area (TPSA) is 75.2 Å². The van der Waals surface area contributed by atoms with Gasteiger partial charge in [-0.05, 0) is 37.0 Å². The maximum atomic E-state index is 11.8. The van der Waals surface area contributed by atoms with E-state index in [2.05, 4.69) is 27.8 Å².